The van der Waals surface area contributed by atoms with Crippen LogP contribution in [0.5, 0.6) is 0 Å². The van der Waals surface area contributed by atoms with Gasteiger partial charge in [-0.3, -0.25) is 0 Å². The zero-order valence-electron chi connectivity index (χ0n) is 10.5. The van der Waals surface area contributed by atoms with Gasteiger partial charge in [-0.25, -0.2) is 0 Å². The predicted molar refractivity (Wildman–Crippen MR) is 68.0 cm³/mol. The van der Waals surface area contributed by atoms with Crippen molar-refractivity contribution in [3.8, 4) is 0 Å². The van der Waals surface area contributed by atoms with Crippen LogP contribution in [0.1, 0.15) is 19.8 Å². The van der Waals surface area contributed by atoms with Crippen molar-refractivity contribution < 1.29 is 5.11 Å². The second-order valence-electron chi connectivity index (χ2n) is 3.99. The molecule has 4 N–H and O–H groups in total. The third-order valence-electron chi connectivity index (χ3n) is 2.27. The number of hydrogen-bond acceptors (Lipinski definition) is 7. The van der Waals surface area contributed by atoms with Gasteiger partial charge in [-0.05, 0) is 12.8 Å². The SMILES string of the molecule is CCC(O)CCNc1nc(N)nc(N(C)C)n1. The number of nitrogens with two attached hydrogens (primary N) is 1. The molecular formula is C10H20N6O. The smallest absolute Gasteiger partial charge is 0.231 e. The van der Waals surface area contributed by atoms with Gasteiger partial charge in [0.15, 0.2) is 0 Å². The van der Waals surface area contributed by atoms with Crippen LogP contribution >= 0.6 is 0 Å². The van der Waals surface area contributed by atoms with E-state index in [4.69, 9.17) is 5.73 Å². The van der Waals surface area contributed by atoms with Crippen LogP contribution in [0, 0.1) is 0 Å². The van der Waals surface area contributed by atoms with Crippen molar-refractivity contribution in [3.63, 3.8) is 0 Å². The average Bonchev–Trinajstić information content (AvgIpc) is 2.28. The zero-order valence-corrected chi connectivity index (χ0v) is 10.5. The van der Waals surface area contributed by atoms with Gasteiger partial charge < -0.3 is 21.1 Å². The molecule has 7 heteroatoms. The molecule has 1 aromatic heterocycles. The fraction of sp³-hybridized carbons (Fsp3) is 0.700. The Morgan fingerprint density at radius 1 is 1.35 bits per heavy atom. The number of nitrogens with one attached hydrogen (secondary N) is 1. The molecule has 1 aromatic rings. The lowest BCUT2D eigenvalue weighted by Crippen LogP contribution is -2.18. The number of nitrogens with zero attached hydrogens (tertiary/aromatic N) is 4. The molecule has 0 aliphatic rings. The van der Waals surface area contributed by atoms with Crippen molar-refractivity contribution in [2.75, 3.05) is 36.6 Å². The summed E-state index contributed by atoms with van der Waals surface area (Å²) < 4.78 is 0. The van der Waals surface area contributed by atoms with E-state index in [1.54, 1.807) is 4.90 Å². The number of hydrogen-bond donors (Lipinski definition) is 3. The van der Waals surface area contributed by atoms with E-state index in [9.17, 15) is 5.11 Å². The maximum Gasteiger partial charge on any atom is 0.231 e. The molecule has 96 valence electrons. The molecule has 1 rings (SSSR count). The van der Waals surface area contributed by atoms with Crippen molar-refractivity contribution in [1.82, 2.24) is 15.0 Å². The molecule has 0 radical (unpaired) electrons. The lowest BCUT2D eigenvalue weighted by Gasteiger charge is -2.13. The maximum absolute atomic E-state index is 9.41. The Balaban J connectivity index is 2.59. The molecule has 0 spiro atoms. The highest BCUT2D eigenvalue weighted by Gasteiger charge is 2.06. The van der Waals surface area contributed by atoms with Crippen LogP contribution in [0.2, 0.25) is 0 Å². The number of rotatable bonds is 6. The van der Waals surface area contributed by atoms with E-state index < -0.39 is 0 Å². The Morgan fingerprint density at radius 2 is 2.06 bits per heavy atom. The van der Waals surface area contributed by atoms with Crippen LogP contribution in [0.4, 0.5) is 17.8 Å². The summed E-state index contributed by atoms with van der Waals surface area (Å²) in [5.41, 5.74) is 5.58. The van der Waals surface area contributed by atoms with Crippen molar-refractivity contribution >= 4 is 17.8 Å². The first-order valence-corrected chi connectivity index (χ1v) is 5.63. The molecule has 0 aliphatic heterocycles. The van der Waals surface area contributed by atoms with Crippen molar-refractivity contribution in [2.24, 2.45) is 0 Å². The summed E-state index contributed by atoms with van der Waals surface area (Å²) in [4.78, 5) is 13.9. The standard InChI is InChI=1S/C10H20N6O/c1-4-7(17)5-6-12-9-13-8(11)14-10(15-9)16(2)3/h7,17H,4-6H2,1-3H3,(H3,11,12,13,14,15). The topological polar surface area (TPSA) is 100 Å². The van der Waals surface area contributed by atoms with Gasteiger partial charge in [-0.2, -0.15) is 15.0 Å². The second kappa shape index (κ2) is 6.19. The molecule has 1 atom stereocenters. The normalized spacial score (nSPS) is 12.2. The highest BCUT2D eigenvalue weighted by atomic mass is 16.3. The van der Waals surface area contributed by atoms with Crippen LogP contribution < -0.4 is 16.0 Å². The molecule has 0 fully saturated rings. The summed E-state index contributed by atoms with van der Waals surface area (Å²) in [5, 5.41) is 12.4. The van der Waals surface area contributed by atoms with Crippen LogP contribution in [0.15, 0.2) is 0 Å². The van der Waals surface area contributed by atoms with Gasteiger partial charge >= 0.3 is 0 Å². The summed E-state index contributed by atoms with van der Waals surface area (Å²) in [5.74, 6) is 1.13. The van der Waals surface area contributed by atoms with Gasteiger partial charge in [0.05, 0.1) is 6.10 Å². The number of aromatic nitrogens is 3. The first kappa shape index (κ1) is 13.4. The molecule has 0 aromatic carbocycles. The van der Waals surface area contributed by atoms with Gasteiger partial charge in [0.25, 0.3) is 0 Å². The Hall–Kier alpha value is -1.63. The molecule has 17 heavy (non-hydrogen) atoms. The summed E-state index contributed by atoms with van der Waals surface area (Å²) >= 11 is 0. The monoisotopic (exact) mass is 240 g/mol. The van der Waals surface area contributed by atoms with Crippen LogP contribution in [-0.4, -0.2) is 46.8 Å². The van der Waals surface area contributed by atoms with Crippen LogP contribution in [-0.2, 0) is 0 Å². The zero-order chi connectivity index (χ0) is 12.8. The minimum absolute atomic E-state index is 0.183. The van der Waals surface area contributed by atoms with Gasteiger partial charge in [0.2, 0.25) is 17.8 Å². The number of aliphatic hydroxyl groups is 1. The minimum atomic E-state index is -0.296. The summed E-state index contributed by atoms with van der Waals surface area (Å²) in [6, 6.07) is 0. The van der Waals surface area contributed by atoms with E-state index in [1.165, 1.54) is 0 Å². The molecule has 0 saturated heterocycles. The lowest BCUT2D eigenvalue weighted by atomic mass is 10.2. The highest BCUT2D eigenvalue weighted by molar-refractivity contribution is 5.40. The van der Waals surface area contributed by atoms with E-state index >= 15 is 0 Å². The summed E-state index contributed by atoms with van der Waals surface area (Å²) in [6.45, 7) is 2.54. The maximum atomic E-state index is 9.41. The predicted octanol–water partition coefficient (Wildman–Crippen LogP) is 0.0927. The van der Waals surface area contributed by atoms with Gasteiger partial charge in [0.1, 0.15) is 0 Å². The average molecular weight is 240 g/mol. The highest BCUT2D eigenvalue weighted by Crippen LogP contribution is 2.09. The lowest BCUT2D eigenvalue weighted by molar-refractivity contribution is 0.164. The molecule has 7 nitrogen and oxygen atoms in total. The van der Waals surface area contributed by atoms with Gasteiger partial charge in [-0.1, -0.05) is 6.92 Å². The van der Waals surface area contributed by atoms with Crippen molar-refractivity contribution in [1.29, 1.82) is 0 Å². The largest absolute Gasteiger partial charge is 0.393 e. The Morgan fingerprint density at radius 3 is 2.65 bits per heavy atom. The fourth-order valence-corrected chi connectivity index (χ4v) is 1.21. The molecule has 0 amide bonds. The first-order valence-electron chi connectivity index (χ1n) is 5.63. The minimum Gasteiger partial charge on any atom is -0.393 e. The van der Waals surface area contributed by atoms with E-state index in [0.717, 1.165) is 6.42 Å². The third-order valence-corrected chi connectivity index (χ3v) is 2.27. The molecule has 0 saturated carbocycles. The number of aliphatic hydroxyl groups excluding tert-OH is 1. The van der Waals surface area contributed by atoms with Gasteiger partial charge in [-0.15, -0.1) is 0 Å². The van der Waals surface area contributed by atoms with Crippen molar-refractivity contribution in [2.45, 2.75) is 25.9 Å². The summed E-state index contributed by atoms with van der Waals surface area (Å²) in [7, 11) is 3.67. The third kappa shape index (κ3) is 4.39. The molecule has 0 bridgehead atoms. The fourth-order valence-electron chi connectivity index (χ4n) is 1.21. The number of anilines is 3. The van der Waals surface area contributed by atoms with E-state index in [2.05, 4.69) is 20.3 Å². The molecule has 1 heterocycles. The Bertz CT molecular complexity index is 357. The quantitative estimate of drug-likeness (QED) is 0.648. The Labute approximate surface area is 101 Å². The molecular weight excluding hydrogens is 220 g/mol. The van der Waals surface area contributed by atoms with E-state index in [-0.39, 0.29) is 12.1 Å². The van der Waals surface area contributed by atoms with E-state index in [0.29, 0.717) is 24.9 Å². The molecule has 1 unspecified atom stereocenters. The summed E-state index contributed by atoms with van der Waals surface area (Å²) in [6.07, 6.45) is 1.10. The Kier molecular flexibility index (Phi) is 4.89. The first-order chi connectivity index (χ1) is 8.02. The van der Waals surface area contributed by atoms with Gasteiger partial charge in [0, 0.05) is 20.6 Å². The van der Waals surface area contributed by atoms with Crippen molar-refractivity contribution in [3.05, 3.63) is 0 Å². The number of nitrogen functional groups attached to an aromatic ring is 1. The van der Waals surface area contributed by atoms with Crippen LogP contribution in [0.3, 0.4) is 0 Å². The van der Waals surface area contributed by atoms with E-state index in [1.807, 2.05) is 21.0 Å². The van der Waals surface area contributed by atoms with Crippen LogP contribution in [0.25, 0.3) is 0 Å². The molecule has 0 aliphatic carbocycles. The second-order valence-corrected chi connectivity index (χ2v) is 3.99.